The lowest BCUT2D eigenvalue weighted by molar-refractivity contribution is 0.306. The van der Waals surface area contributed by atoms with Gasteiger partial charge >= 0.3 is 0 Å². The summed E-state index contributed by atoms with van der Waals surface area (Å²) in [5, 5.41) is 3.56. The Bertz CT molecular complexity index is 506. The Balaban J connectivity index is 1.67. The minimum atomic E-state index is 0.675. The van der Waals surface area contributed by atoms with Crippen molar-refractivity contribution in [3.63, 3.8) is 0 Å². The second kappa shape index (κ2) is 6.71. The van der Waals surface area contributed by atoms with Crippen molar-refractivity contribution in [1.82, 2.24) is 5.32 Å². The van der Waals surface area contributed by atoms with E-state index >= 15 is 0 Å². The topological polar surface area (TPSA) is 12.0 Å². The van der Waals surface area contributed by atoms with Crippen LogP contribution in [0.1, 0.15) is 29.9 Å². The minimum absolute atomic E-state index is 0.675. The van der Waals surface area contributed by atoms with Crippen LogP contribution in [0.25, 0.3) is 0 Å². The van der Waals surface area contributed by atoms with E-state index in [1.165, 1.54) is 36.9 Å². The molecule has 3 rings (SSSR count). The van der Waals surface area contributed by atoms with E-state index in [0.717, 1.165) is 12.5 Å². The van der Waals surface area contributed by atoms with Gasteiger partial charge in [-0.2, -0.15) is 0 Å². The fraction of sp³-hybridized carbons (Fsp3) is 0.368. The summed E-state index contributed by atoms with van der Waals surface area (Å²) in [7, 11) is 0. The van der Waals surface area contributed by atoms with Gasteiger partial charge in [-0.05, 0) is 48.8 Å². The van der Waals surface area contributed by atoms with Crippen LogP contribution in [0.3, 0.4) is 0 Å². The van der Waals surface area contributed by atoms with Gasteiger partial charge in [0.05, 0.1) is 0 Å². The predicted octanol–water partition coefficient (Wildman–Crippen LogP) is 4.01. The molecule has 0 aliphatic carbocycles. The van der Waals surface area contributed by atoms with Gasteiger partial charge in [-0.25, -0.2) is 0 Å². The highest BCUT2D eigenvalue weighted by molar-refractivity contribution is 5.22. The molecule has 2 unspecified atom stereocenters. The number of aryl methyl sites for hydroxylation is 1. The SMILES string of the molecule is c1ccc(CCC2CCNCC2c2ccccc2)cc1. The number of hydrogen-bond donors (Lipinski definition) is 1. The highest BCUT2D eigenvalue weighted by Gasteiger charge is 2.25. The van der Waals surface area contributed by atoms with E-state index < -0.39 is 0 Å². The van der Waals surface area contributed by atoms with Gasteiger partial charge in [-0.15, -0.1) is 0 Å². The van der Waals surface area contributed by atoms with Crippen molar-refractivity contribution in [1.29, 1.82) is 0 Å². The van der Waals surface area contributed by atoms with Crippen LogP contribution in [0, 0.1) is 5.92 Å². The van der Waals surface area contributed by atoms with Gasteiger partial charge in [0, 0.05) is 6.54 Å². The Labute approximate surface area is 122 Å². The van der Waals surface area contributed by atoms with Crippen LogP contribution in [0.4, 0.5) is 0 Å². The molecule has 1 saturated heterocycles. The average Bonchev–Trinajstić information content (AvgIpc) is 2.55. The average molecular weight is 265 g/mol. The Morgan fingerprint density at radius 3 is 2.35 bits per heavy atom. The van der Waals surface area contributed by atoms with Crippen LogP contribution in [0.15, 0.2) is 60.7 Å². The molecule has 0 aromatic heterocycles. The molecule has 0 saturated carbocycles. The maximum atomic E-state index is 3.56. The van der Waals surface area contributed by atoms with Crippen molar-refractivity contribution >= 4 is 0 Å². The molecule has 1 nitrogen and oxygen atoms in total. The maximum absolute atomic E-state index is 3.56. The third-order valence-corrected chi connectivity index (χ3v) is 4.50. The summed E-state index contributed by atoms with van der Waals surface area (Å²) >= 11 is 0. The molecule has 1 aliphatic heterocycles. The molecule has 0 amide bonds. The lowest BCUT2D eigenvalue weighted by Gasteiger charge is -2.32. The standard InChI is InChI=1S/C19H23N/c1-3-7-16(8-4-1)11-12-18-13-14-20-15-19(18)17-9-5-2-6-10-17/h1-10,18-20H,11-15H2. The number of piperidine rings is 1. The second-order valence-electron chi connectivity index (χ2n) is 5.79. The number of rotatable bonds is 4. The summed E-state index contributed by atoms with van der Waals surface area (Å²) < 4.78 is 0. The highest BCUT2D eigenvalue weighted by atomic mass is 14.9. The summed E-state index contributed by atoms with van der Waals surface area (Å²) in [5.74, 6) is 1.48. The highest BCUT2D eigenvalue weighted by Crippen LogP contribution is 2.32. The molecule has 104 valence electrons. The lowest BCUT2D eigenvalue weighted by atomic mass is 9.78. The van der Waals surface area contributed by atoms with Crippen LogP contribution >= 0.6 is 0 Å². The van der Waals surface area contributed by atoms with Gasteiger partial charge in [0.2, 0.25) is 0 Å². The van der Waals surface area contributed by atoms with E-state index in [0.29, 0.717) is 5.92 Å². The van der Waals surface area contributed by atoms with Crippen LogP contribution < -0.4 is 5.32 Å². The summed E-state index contributed by atoms with van der Waals surface area (Å²) in [6, 6.07) is 21.9. The van der Waals surface area contributed by atoms with E-state index in [4.69, 9.17) is 0 Å². The predicted molar refractivity (Wildman–Crippen MR) is 84.9 cm³/mol. The Hall–Kier alpha value is -1.60. The minimum Gasteiger partial charge on any atom is -0.316 e. The third-order valence-electron chi connectivity index (χ3n) is 4.50. The molecule has 2 aromatic carbocycles. The molecule has 0 bridgehead atoms. The van der Waals surface area contributed by atoms with E-state index in [-0.39, 0.29) is 0 Å². The normalized spacial score (nSPS) is 22.6. The molecule has 2 aromatic rings. The number of nitrogens with one attached hydrogen (secondary N) is 1. The molecule has 2 atom stereocenters. The van der Waals surface area contributed by atoms with Crippen LogP contribution in [-0.4, -0.2) is 13.1 Å². The quantitative estimate of drug-likeness (QED) is 0.880. The fourth-order valence-corrected chi connectivity index (χ4v) is 3.35. The number of benzene rings is 2. The van der Waals surface area contributed by atoms with Gasteiger partial charge in [-0.1, -0.05) is 60.7 Å². The summed E-state index contributed by atoms with van der Waals surface area (Å²) in [6.45, 7) is 2.30. The zero-order chi connectivity index (χ0) is 13.6. The largest absolute Gasteiger partial charge is 0.316 e. The zero-order valence-electron chi connectivity index (χ0n) is 12.0. The zero-order valence-corrected chi connectivity index (χ0v) is 12.0. The first-order chi connectivity index (χ1) is 9.93. The molecule has 1 N–H and O–H groups in total. The molecule has 0 radical (unpaired) electrons. The van der Waals surface area contributed by atoms with Gasteiger partial charge in [0.15, 0.2) is 0 Å². The summed E-state index contributed by atoms with van der Waals surface area (Å²) in [5.41, 5.74) is 2.97. The molecular weight excluding hydrogens is 242 g/mol. The Morgan fingerprint density at radius 1 is 0.900 bits per heavy atom. The van der Waals surface area contributed by atoms with Crippen molar-refractivity contribution in [2.24, 2.45) is 5.92 Å². The van der Waals surface area contributed by atoms with E-state index in [1.807, 2.05) is 0 Å². The van der Waals surface area contributed by atoms with Gasteiger partial charge in [-0.3, -0.25) is 0 Å². The first-order valence-corrected chi connectivity index (χ1v) is 7.73. The van der Waals surface area contributed by atoms with E-state index in [9.17, 15) is 0 Å². The molecule has 1 heteroatoms. The molecule has 1 fully saturated rings. The molecule has 20 heavy (non-hydrogen) atoms. The van der Waals surface area contributed by atoms with Crippen molar-refractivity contribution in [2.75, 3.05) is 13.1 Å². The van der Waals surface area contributed by atoms with Crippen LogP contribution in [0.5, 0.6) is 0 Å². The first kappa shape index (κ1) is 13.4. The van der Waals surface area contributed by atoms with E-state index in [2.05, 4.69) is 66.0 Å². The van der Waals surface area contributed by atoms with Crippen molar-refractivity contribution in [2.45, 2.75) is 25.2 Å². The molecule has 1 heterocycles. The van der Waals surface area contributed by atoms with Gasteiger partial charge in [0.1, 0.15) is 0 Å². The smallest absolute Gasteiger partial charge is 0.00228 e. The monoisotopic (exact) mass is 265 g/mol. The molecular formula is C19H23N. The Kier molecular flexibility index (Phi) is 4.49. The van der Waals surface area contributed by atoms with Gasteiger partial charge in [0.25, 0.3) is 0 Å². The van der Waals surface area contributed by atoms with Crippen molar-refractivity contribution in [3.8, 4) is 0 Å². The van der Waals surface area contributed by atoms with Crippen LogP contribution in [0.2, 0.25) is 0 Å². The summed E-state index contributed by atoms with van der Waals surface area (Å²) in [4.78, 5) is 0. The lowest BCUT2D eigenvalue weighted by Crippen LogP contribution is -2.35. The van der Waals surface area contributed by atoms with Crippen LogP contribution in [-0.2, 0) is 6.42 Å². The number of hydrogen-bond acceptors (Lipinski definition) is 1. The maximum Gasteiger partial charge on any atom is 0.00228 e. The molecule has 1 aliphatic rings. The van der Waals surface area contributed by atoms with Gasteiger partial charge < -0.3 is 5.32 Å². The second-order valence-corrected chi connectivity index (χ2v) is 5.79. The third kappa shape index (κ3) is 3.29. The Morgan fingerprint density at radius 2 is 1.60 bits per heavy atom. The molecule has 0 spiro atoms. The van der Waals surface area contributed by atoms with Crippen molar-refractivity contribution in [3.05, 3.63) is 71.8 Å². The fourth-order valence-electron chi connectivity index (χ4n) is 3.35. The first-order valence-electron chi connectivity index (χ1n) is 7.73. The van der Waals surface area contributed by atoms with Crippen molar-refractivity contribution < 1.29 is 0 Å². The summed E-state index contributed by atoms with van der Waals surface area (Å²) in [6.07, 6.45) is 3.80. The van der Waals surface area contributed by atoms with E-state index in [1.54, 1.807) is 0 Å².